The van der Waals surface area contributed by atoms with Gasteiger partial charge >= 0.3 is 0 Å². The van der Waals surface area contributed by atoms with E-state index < -0.39 is 21.7 Å². The first kappa shape index (κ1) is 21.3. The van der Waals surface area contributed by atoms with Gasteiger partial charge in [0.05, 0.1) is 15.6 Å². The smallest absolute Gasteiger partial charge is 0.267 e. The number of carbonyl (C=O) groups is 1. The summed E-state index contributed by atoms with van der Waals surface area (Å²) in [5.74, 6) is -0.921. The summed E-state index contributed by atoms with van der Waals surface area (Å²) in [4.78, 5) is 13.0. The highest BCUT2D eigenvalue weighted by Crippen LogP contribution is 2.36. The van der Waals surface area contributed by atoms with E-state index in [4.69, 9.17) is 11.6 Å². The van der Waals surface area contributed by atoms with Gasteiger partial charge in [0, 0.05) is 22.8 Å². The Bertz CT molecular complexity index is 1390. The van der Waals surface area contributed by atoms with Crippen molar-refractivity contribution in [1.29, 1.82) is 0 Å². The number of carbonyl (C=O) groups excluding carboxylic acids is 1. The molecule has 0 aliphatic heterocycles. The van der Waals surface area contributed by atoms with Crippen LogP contribution < -0.4 is 9.62 Å². The van der Waals surface area contributed by atoms with Crippen molar-refractivity contribution in [3.63, 3.8) is 0 Å². The summed E-state index contributed by atoms with van der Waals surface area (Å²) in [6, 6.07) is 18.8. The molecule has 0 fully saturated rings. The molecule has 1 N–H and O–H groups in total. The van der Waals surface area contributed by atoms with Crippen molar-refractivity contribution >= 4 is 60.3 Å². The highest BCUT2D eigenvalue weighted by Gasteiger charge is 2.22. The van der Waals surface area contributed by atoms with Gasteiger partial charge in [-0.25, -0.2) is 12.8 Å². The summed E-state index contributed by atoms with van der Waals surface area (Å²) in [7, 11) is -2.37. The Labute approximate surface area is 187 Å². The average molecular weight is 475 g/mol. The van der Waals surface area contributed by atoms with Gasteiger partial charge in [0.25, 0.3) is 15.9 Å². The molecule has 5 nitrogen and oxygen atoms in total. The van der Waals surface area contributed by atoms with Crippen LogP contribution in [0.4, 0.5) is 15.8 Å². The molecule has 0 spiro atoms. The van der Waals surface area contributed by atoms with Crippen LogP contribution in [0.1, 0.15) is 9.67 Å². The molecule has 0 saturated heterocycles. The van der Waals surface area contributed by atoms with Crippen molar-refractivity contribution in [3.8, 4) is 0 Å². The molecule has 4 aromatic rings. The minimum atomic E-state index is -3.83. The van der Waals surface area contributed by atoms with Crippen molar-refractivity contribution in [1.82, 2.24) is 0 Å². The molecule has 0 aliphatic rings. The highest BCUT2D eigenvalue weighted by molar-refractivity contribution is 7.92. The summed E-state index contributed by atoms with van der Waals surface area (Å²) in [5.41, 5.74) is 0.813. The lowest BCUT2D eigenvalue weighted by molar-refractivity contribution is 0.103. The third-order valence-corrected chi connectivity index (χ3v) is 8.11. The summed E-state index contributed by atoms with van der Waals surface area (Å²) in [5, 5.41) is 3.49. The quantitative estimate of drug-likeness (QED) is 0.399. The molecule has 3 aromatic carbocycles. The Morgan fingerprint density at radius 3 is 2.52 bits per heavy atom. The Kier molecular flexibility index (Phi) is 5.70. The first-order valence-electron chi connectivity index (χ1n) is 9.10. The van der Waals surface area contributed by atoms with E-state index in [1.165, 1.54) is 41.7 Å². The van der Waals surface area contributed by atoms with Crippen LogP contribution in [-0.4, -0.2) is 21.4 Å². The van der Waals surface area contributed by atoms with E-state index in [0.29, 0.717) is 21.5 Å². The molecule has 1 heterocycles. The predicted molar refractivity (Wildman–Crippen MR) is 123 cm³/mol. The highest BCUT2D eigenvalue weighted by atomic mass is 35.5. The normalized spacial score (nSPS) is 11.5. The van der Waals surface area contributed by atoms with Crippen molar-refractivity contribution in [2.24, 2.45) is 0 Å². The van der Waals surface area contributed by atoms with Crippen LogP contribution in [0, 0.1) is 5.82 Å². The molecule has 0 atom stereocenters. The van der Waals surface area contributed by atoms with E-state index >= 15 is 0 Å². The second-order valence-electron chi connectivity index (χ2n) is 6.68. The molecule has 0 radical (unpaired) electrons. The van der Waals surface area contributed by atoms with Crippen molar-refractivity contribution in [3.05, 3.63) is 88.5 Å². The van der Waals surface area contributed by atoms with E-state index in [1.807, 2.05) is 0 Å². The fourth-order valence-corrected chi connectivity index (χ4v) is 5.72. The first-order chi connectivity index (χ1) is 14.8. The fourth-order valence-electron chi connectivity index (χ4n) is 3.04. The molecule has 0 unspecified atom stereocenters. The number of para-hydroxylation sites is 1. The van der Waals surface area contributed by atoms with Crippen molar-refractivity contribution in [2.75, 3.05) is 16.7 Å². The molecule has 9 heteroatoms. The fraction of sp³-hybridized carbons (Fsp3) is 0.0455. The van der Waals surface area contributed by atoms with Crippen LogP contribution in [-0.2, 0) is 10.0 Å². The van der Waals surface area contributed by atoms with Crippen molar-refractivity contribution in [2.45, 2.75) is 4.90 Å². The van der Waals surface area contributed by atoms with Gasteiger partial charge in [-0.1, -0.05) is 35.9 Å². The maximum absolute atomic E-state index is 13.5. The molecule has 1 amide bonds. The van der Waals surface area contributed by atoms with Crippen LogP contribution >= 0.6 is 22.9 Å². The summed E-state index contributed by atoms with van der Waals surface area (Å²) in [6.07, 6.45) is 0. The van der Waals surface area contributed by atoms with Crippen LogP contribution in [0.5, 0.6) is 0 Å². The summed E-state index contributed by atoms with van der Waals surface area (Å²) < 4.78 is 41.2. The lowest BCUT2D eigenvalue weighted by Gasteiger charge is -2.19. The first-order valence-corrected chi connectivity index (χ1v) is 11.7. The molecule has 31 heavy (non-hydrogen) atoms. The average Bonchev–Trinajstić information content (AvgIpc) is 3.09. The lowest BCUT2D eigenvalue weighted by atomic mass is 10.2. The maximum Gasteiger partial charge on any atom is 0.267 e. The van der Waals surface area contributed by atoms with Gasteiger partial charge < -0.3 is 5.32 Å². The largest absolute Gasteiger partial charge is 0.321 e. The second kappa shape index (κ2) is 8.30. The Morgan fingerprint density at radius 2 is 1.77 bits per heavy atom. The number of hydrogen-bond donors (Lipinski definition) is 1. The molecule has 4 rings (SSSR count). The maximum atomic E-state index is 13.5. The second-order valence-corrected chi connectivity index (χ2v) is 10.1. The number of nitrogens with zero attached hydrogens (tertiary/aromatic N) is 1. The minimum absolute atomic E-state index is 0.0289. The number of sulfonamides is 1. The molecule has 158 valence electrons. The van der Waals surface area contributed by atoms with Crippen LogP contribution in [0.25, 0.3) is 10.1 Å². The Morgan fingerprint density at radius 1 is 1.03 bits per heavy atom. The van der Waals surface area contributed by atoms with Crippen LogP contribution in [0.15, 0.2) is 77.7 Å². The lowest BCUT2D eigenvalue weighted by Crippen LogP contribution is -2.26. The topological polar surface area (TPSA) is 66.5 Å². The molecule has 0 aliphatic carbocycles. The number of amides is 1. The standard InChI is InChI=1S/C22H16ClFN2O3S2/c1-26(16-7-3-2-4-8-16)31(28,29)17-9-5-6-15(13-17)25-22(27)21-20(23)18-11-10-14(24)12-19(18)30-21/h2-13H,1H3,(H,25,27). The van der Waals surface area contributed by atoms with Gasteiger partial charge in [-0.3, -0.25) is 9.10 Å². The number of hydrogen-bond acceptors (Lipinski definition) is 4. The number of benzene rings is 3. The number of halogens is 2. The van der Waals surface area contributed by atoms with Gasteiger partial charge in [0.1, 0.15) is 10.7 Å². The van der Waals surface area contributed by atoms with Gasteiger partial charge in [0.2, 0.25) is 0 Å². The predicted octanol–water partition coefficient (Wildman–Crippen LogP) is 5.77. The zero-order valence-electron chi connectivity index (χ0n) is 16.2. The van der Waals surface area contributed by atoms with Gasteiger partial charge in [-0.05, 0) is 48.5 Å². The monoisotopic (exact) mass is 474 g/mol. The van der Waals surface area contributed by atoms with Gasteiger partial charge in [-0.2, -0.15) is 0 Å². The summed E-state index contributed by atoms with van der Waals surface area (Å²) in [6.45, 7) is 0. The molecular weight excluding hydrogens is 459 g/mol. The molecule has 1 aromatic heterocycles. The SMILES string of the molecule is CN(c1ccccc1)S(=O)(=O)c1cccc(NC(=O)c2sc3cc(F)ccc3c2Cl)c1. The van der Waals surface area contributed by atoms with E-state index in [0.717, 1.165) is 11.3 Å². The molecule has 0 saturated carbocycles. The van der Waals surface area contributed by atoms with E-state index in [9.17, 15) is 17.6 Å². The number of fused-ring (bicyclic) bond motifs is 1. The number of anilines is 2. The van der Waals surface area contributed by atoms with Crippen LogP contribution in [0.3, 0.4) is 0 Å². The zero-order valence-corrected chi connectivity index (χ0v) is 18.6. The van der Waals surface area contributed by atoms with Gasteiger partial charge in [-0.15, -0.1) is 11.3 Å². The Hall–Kier alpha value is -2.94. The third kappa shape index (κ3) is 4.14. The number of thiophene rings is 1. The number of rotatable bonds is 5. The Balaban J connectivity index is 1.62. The summed E-state index contributed by atoms with van der Waals surface area (Å²) >= 11 is 7.38. The van der Waals surface area contributed by atoms with Crippen molar-refractivity contribution < 1.29 is 17.6 Å². The molecular formula is C22H16ClFN2O3S2. The third-order valence-electron chi connectivity index (χ3n) is 4.67. The minimum Gasteiger partial charge on any atom is -0.321 e. The number of nitrogens with one attached hydrogen (secondary N) is 1. The van der Waals surface area contributed by atoms with Crippen LogP contribution in [0.2, 0.25) is 5.02 Å². The molecule has 0 bridgehead atoms. The zero-order chi connectivity index (χ0) is 22.2. The van der Waals surface area contributed by atoms with Gasteiger partial charge in [0.15, 0.2) is 0 Å². The van der Waals surface area contributed by atoms with E-state index in [1.54, 1.807) is 42.5 Å². The van der Waals surface area contributed by atoms with E-state index in [2.05, 4.69) is 5.32 Å². The van der Waals surface area contributed by atoms with E-state index in [-0.39, 0.29) is 14.8 Å².